The molecular weight excluding hydrogens is 342 g/mol. The van der Waals surface area contributed by atoms with Gasteiger partial charge in [-0.05, 0) is 18.2 Å². The number of benzene rings is 2. The Hall–Kier alpha value is -2.28. The van der Waals surface area contributed by atoms with Crippen molar-refractivity contribution in [2.75, 3.05) is 0 Å². The minimum atomic E-state index is -5.05. The molecule has 0 aromatic heterocycles. The van der Waals surface area contributed by atoms with Crippen molar-refractivity contribution in [2.24, 2.45) is 0 Å². The summed E-state index contributed by atoms with van der Waals surface area (Å²) in [7, 11) is -9.77. The molecule has 0 atom stereocenters. The predicted octanol–water partition coefficient (Wildman–Crippen LogP) is 0.947. The highest BCUT2D eigenvalue weighted by molar-refractivity contribution is 7.86. The fourth-order valence-electron chi connectivity index (χ4n) is 1.89. The second kappa shape index (κ2) is 4.88. The molecule has 22 heavy (non-hydrogen) atoms. The lowest BCUT2D eigenvalue weighted by molar-refractivity contribution is -0.386. The molecule has 12 heteroatoms. The van der Waals surface area contributed by atoms with E-state index in [0.717, 1.165) is 12.1 Å². The third-order valence-electron chi connectivity index (χ3n) is 2.78. The summed E-state index contributed by atoms with van der Waals surface area (Å²) in [4.78, 5) is 8.00. The number of hydrogen-bond acceptors (Lipinski definition) is 7. The molecule has 0 saturated carbocycles. The van der Waals surface area contributed by atoms with Crippen LogP contribution in [0.25, 0.3) is 10.8 Å². The number of phenols is 1. The van der Waals surface area contributed by atoms with Gasteiger partial charge in [-0.2, -0.15) is 16.8 Å². The average Bonchev–Trinajstić information content (AvgIpc) is 2.35. The van der Waals surface area contributed by atoms with Crippen molar-refractivity contribution in [1.82, 2.24) is 0 Å². The summed E-state index contributed by atoms with van der Waals surface area (Å²) in [5.74, 6) is -0.727. The zero-order chi connectivity index (χ0) is 16.9. The fourth-order valence-corrected chi connectivity index (χ4v) is 3.09. The Morgan fingerprint density at radius 3 is 2.00 bits per heavy atom. The predicted molar refractivity (Wildman–Crippen MR) is 71.9 cm³/mol. The lowest BCUT2D eigenvalue weighted by atomic mass is 10.1. The normalized spacial score (nSPS) is 12.5. The van der Waals surface area contributed by atoms with Crippen LogP contribution in [0.4, 0.5) is 5.69 Å². The summed E-state index contributed by atoms with van der Waals surface area (Å²) in [5.41, 5.74) is -1.12. The van der Waals surface area contributed by atoms with E-state index in [-0.39, 0.29) is 5.39 Å². The number of nitro groups is 1. The summed E-state index contributed by atoms with van der Waals surface area (Å²) in [6, 6.07) is 2.92. The standard InChI is InChI=1S/C10H7NO9S2/c12-8-4-9(22(18,19)20)10(11(13)14)7-3-5(21(15,16)17)1-2-6(7)8/h1-4,12H,(H,15,16,17)(H,18,19,20). The van der Waals surface area contributed by atoms with Crippen molar-refractivity contribution in [3.63, 3.8) is 0 Å². The smallest absolute Gasteiger partial charge is 0.301 e. The Labute approximate surface area is 123 Å². The number of hydrogen-bond donors (Lipinski definition) is 3. The lowest BCUT2D eigenvalue weighted by Crippen LogP contribution is -2.05. The van der Waals surface area contributed by atoms with E-state index in [9.17, 15) is 32.1 Å². The average molecular weight is 349 g/mol. The van der Waals surface area contributed by atoms with Gasteiger partial charge in [0.25, 0.3) is 15.8 Å². The van der Waals surface area contributed by atoms with Gasteiger partial charge in [0.15, 0.2) is 4.90 Å². The highest BCUT2D eigenvalue weighted by Gasteiger charge is 2.29. The minimum Gasteiger partial charge on any atom is -0.507 e. The quantitative estimate of drug-likeness (QED) is 0.414. The molecule has 0 fully saturated rings. The molecule has 0 saturated heterocycles. The number of aromatic hydroxyl groups is 1. The zero-order valence-electron chi connectivity index (χ0n) is 10.4. The maximum Gasteiger partial charge on any atom is 0.301 e. The second-order valence-electron chi connectivity index (χ2n) is 4.16. The molecule has 118 valence electrons. The molecule has 0 spiro atoms. The number of rotatable bonds is 3. The van der Waals surface area contributed by atoms with E-state index in [4.69, 9.17) is 9.11 Å². The Bertz CT molecular complexity index is 1010. The minimum absolute atomic E-state index is 0.230. The van der Waals surface area contributed by atoms with E-state index in [1.807, 2.05) is 0 Å². The molecule has 0 bridgehead atoms. The molecule has 0 heterocycles. The molecule has 0 aliphatic rings. The summed E-state index contributed by atoms with van der Waals surface area (Å²) in [6.45, 7) is 0. The van der Waals surface area contributed by atoms with Crippen LogP contribution in [0.15, 0.2) is 34.1 Å². The molecule has 0 aliphatic heterocycles. The van der Waals surface area contributed by atoms with Crippen LogP contribution < -0.4 is 0 Å². The summed E-state index contributed by atoms with van der Waals surface area (Å²) >= 11 is 0. The molecule has 0 amide bonds. The summed E-state index contributed by atoms with van der Waals surface area (Å²) in [6.07, 6.45) is 0. The van der Waals surface area contributed by atoms with Gasteiger partial charge in [0, 0.05) is 11.5 Å². The van der Waals surface area contributed by atoms with Crippen molar-refractivity contribution in [1.29, 1.82) is 0 Å². The number of phenolic OH excluding ortho intramolecular Hbond substituents is 1. The van der Waals surface area contributed by atoms with Crippen LogP contribution in [0.2, 0.25) is 0 Å². The largest absolute Gasteiger partial charge is 0.507 e. The maximum absolute atomic E-state index is 11.2. The molecule has 2 rings (SSSR count). The van der Waals surface area contributed by atoms with Crippen LogP contribution in [0, 0.1) is 10.1 Å². The summed E-state index contributed by atoms with van der Waals surface area (Å²) in [5, 5.41) is 20.0. The third kappa shape index (κ3) is 2.71. The van der Waals surface area contributed by atoms with Crippen LogP contribution in [0.1, 0.15) is 0 Å². The highest BCUT2D eigenvalue weighted by Crippen LogP contribution is 2.39. The monoisotopic (exact) mass is 349 g/mol. The van der Waals surface area contributed by atoms with Crippen LogP contribution >= 0.6 is 0 Å². The fraction of sp³-hybridized carbons (Fsp3) is 0. The van der Waals surface area contributed by atoms with Crippen LogP contribution in [0.5, 0.6) is 5.75 Å². The molecule has 0 aliphatic carbocycles. The highest BCUT2D eigenvalue weighted by atomic mass is 32.2. The van der Waals surface area contributed by atoms with Gasteiger partial charge < -0.3 is 5.11 Å². The topological polar surface area (TPSA) is 172 Å². The first kappa shape index (κ1) is 16.1. The van der Waals surface area contributed by atoms with E-state index in [1.165, 1.54) is 0 Å². The van der Waals surface area contributed by atoms with Crippen molar-refractivity contribution >= 4 is 36.7 Å². The van der Waals surface area contributed by atoms with Crippen LogP contribution in [0.3, 0.4) is 0 Å². The number of nitro benzene ring substituents is 1. The van der Waals surface area contributed by atoms with Gasteiger partial charge in [0.05, 0.1) is 15.2 Å². The van der Waals surface area contributed by atoms with Gasteiger partial charge in [0.1, 0.15) is 5.75 Å². The van der Waals surface area contributed by atoms with E-state index < -0.39 is 51.8 Å². The molecule has 0 unspecified atom stereocenters. The van der Waals surface area contributed by atoms with Gasteiger partial charge in [0.2, 0.25) is 0 Å². The zero-order valence-corrected chi connectivity index (χ0v) is 12.0. The second-order valence-corrected chi connectivity index (χ2v) is 6.97. The molecule has 10 nitrogen and oxygen atoms in total. The van der Waals surface area contributed by atoms with E-state index in [2.05, 4.69) is 0 Å². The van der Waals surface area contributed by atoms with Crippen molar-refractivity contribution in [3.05, 3.63) is 34.4 Å². The van der Waals surface area contributed by atoms with Crippen LogP contribution in [-0.4, -0.2) is 36.0 Å². The maximum atomic E-state index is 11.2. The Balaban J connectivity index is 3.10. The van der Waals surface area contributed by atoms with Gasteiger partial charge in [-0.15, -0.1) is 0 Å². The first-order valence-corrected chi connectivity index (χ1v) is 8.20. The van der Waals surface area contributed by atoms with Gasteiger partial charge >= 0.3 is 10.1 Å². The lowest BCUT2D eigenvalue weighted by Gasteiger charge is -2.07. The molecule has 2 aromatic rings. The number of nitrogens with zero attached hydrogens (tertiary/aromatic N) is 1. The Morgan fingerprint density at radius 2 is 1.55 bits per heavy atom. The Kier molecular flexibility index (Phi) is 3.57. The van der Waals surface area contributed by atoms with Gasteiger partial charge in [-0.25, -0.2) is 0 Å². The molecule has 0 radical (unpaired) electrons. The van der Waals surface area contributed by atoms with Crippen LogP contribution in [-0.2, 0) is 20.2 Å². The van der Waals surface area contributed by atoms with E-state index in [1.54, 1.807) is 0 Å². The van der Waals surface area contributed by atoms with Crippen molar-refractivity contribution in [3.8, 4) is 5.75 Å². The van der Waals surface area contributed by atoms with Crippen molar-refractivity contribution in [2.45, 2.75) is 9.79 Å². The van der Waals surface area contributed by atoms with Crippen molar-refractivity contribution < 1.29 is 36.0 Å². The van der Waals surface area contributed by atoms with Gasteiger partial charge in [-0.3, -0.25) is 19.2 Å². The van der Waals surface area contributed by atoms with Gasteiger partial charge in [-0.1, -0.05) is 0 Å². The summed E-state index contributed by atoms with van der Waals surface area (Å²) < 4.78 is 62.5. The SMILES string of the molecule is O=[N+]([O-])c1c(S(=O)(=O)O)cc(O)c2ccc(S(=O)(=O)O)cc12. The molecule has 2 aromatic carbocycles. The molecule has 3 N–H and O–H groups in total. The first-order valence-electron chi connectivity index (χ1n) is 5.32. The molecular formula is C10H7NO9S2. The first-order chi connectivity index (χ1) is 9.93. The number of fused-ring (bicyclic) bond motifs is 1. The van der Waals surface area contributed by atoms with E-state index >= 15 is 0 Å². The Morgan fingerprint density at radius 1 is 0.955 bits per heavy atom. The van der Waals surface area contributed by atoms with E-state index in [0.29, 0.717) is 12.1 Å². The third-order valence-corrected chi connectivity index (χ3v) is 4.50.